The first-order valence-corrected chi connectivity index (χ1v) is 4.19. The Bertz CT molecular complexity index is 199. The molecule has 0 saturated heterocycles. The summed E-state index contributed by atoms with van der Waals surface area (Å²) in [5.74, 6) is -3.77. The van der Waals surface area contributed by atoms with Crippen molar-refractivity contribution in [2.24, 2.45) is 11.3 Å². The number of hydrogen-bond acceptors (Lipinski definition) is 2. The zero-order valence-electron chi connectivity index (χ0n) is 10.2. The Balaban J connectivity index is -0.000000720. The van der Waals surface area contributed by atoms with Gasteiger partial charge in [-0.3, -0.25) is 9.59 Å². The molecule has 14 heavy (non-hydrogen) atoms. The third kappa shape index (κ3) is 6.99. The van der Waals surface area contributed by atoms with E-state index in [1.807, 2.05) is 20.8 Å². The average molecular weight is 196 g/mol. The fourth-order valence-corrected chi connectivity index (χ4v) is 0.930. The van der Waals surface area contributed by atoms with E-state index in [1.54, 1.807) is 0 Å². The predicted octanol–water partition coefficient (Wildman–Crippen LogP) is -1.29. The Hall–Kier alpha value is -0.463. The summed E-state index contributed by atoms with van der Waals surface area (Å²) in [6.07, 6.45) is 0.782. The van der Waals surface area contributed by atoms with Gasteiger partial charge in [0.05, 0.1) is 0 Å². The second-order valence-corrected chi connectivity index (χ2v) is 4.33. The number of aliphatic carboxylic acids is 2. The van der Waals surface area contributed by atoms with Gasteiger partial charge >= 0.3 is 30.8 Å². The van der Waals surface area contributed by atoms with E-state index >= 15 is 0 Å². The zero-order chi connectivity index (χ0) is 10.6. The van der Waals surface area contributed by atoms with Crippen LogP contribution in [0.5, 0.6) is 0 Å². The van der Waals surface area contributed by atoms with Crippen molar-refractivity contribution in [2.75, 3.05) is 0 Å². The Morgan fingerprint density at radius 3 is 1.79 bits per heavy atom. The molecule has 0 aliphatic heterocycles. The Morgan fingerprint density at radius 2 is 1.57 bits per heavy atom. The first kappa shape index (κ1) is 16.0. The van der Waals surface area contributed by atoms with Crippen LogP contribution in [0.1, 0.15) is 35.0 Å². The summed E-state index contributed by atoms with van der Waals surface area (Å²) in [7, 11) is 0. The molecule has 4 nitrogen and oxygen atoms in total. The smallest absolute Gasteiger partial charge is 1.00 e. The van der Waals surface area contributed by atoms with Gasteiger partial charge < -0.3 is 11.6 Å². The van der Waals surface area contributed by atoms with Crippen LogP contribution in [0, 0.1) is 11.3 Å². The first-order valence-electron chi connectivity index (χ1n) is 4.19. The maximum absolute atomic E-state index is 10.5. The molecule has 0 radical (unpaired) electrons. The molecule has 78 valence electrons. The van der Waals surface area contributed by atoms with E-state index in [0.29, 0.717) is 6.42 Å². The molecule has 0 heterocycles. The van der Waals surface area contributed by atoms with Crippen LogP contribution in [-0.2, 0) is 9.59 Å². The molecule has 0 fully saturated rings. The summed E-state index contributed by atoms with van der Waals surface area (Å²) in [6.45, 7) is 5.86. The third-order valence-corrected chi connectivity index (χ3v) is 1.78. The van der Waals surface area contributed by atoms with Crippen LogP contribution in [0.25, 0.3) is 0 Å². The molecule has 0 aromatic carbocycles. The molecule has 0 bridgehead atoms. The van der Waals surface area contributed by atoms with Crippen LogP contribution in [0.15, 0.2) is 0 Å². The minimum atomic E-state index is -1.26. The fraction of sp³-hybridized carbons (Fsp3) is 0.778. The van der Waals surface area contributed by atoms with Crippen molar-refractivity contribution in [3.63, 3.8) is 0 Å². The molecule has 0 aromatic heterocycles. The Labute approximate surface area is 97.4 Å². The molecule has 0 rings (SSSR count). The Kier molecular flexibility index (Phi) is 6.97. The molecule has 0 amide bonds. The molecule has 0 atom stereocenters. The van der Waals surface area contributed by atoms with Gasteiger partial charge in [-0.05, 0) is 18.3 Å². The molecule has 0 aromatic rings. The minimum Gasteiger partial charge on any atom is -1.00 e. The minimum absolute atomic E-state index is 0. The van der Waals surface area contributed by atoms with Gasteiger partial charge in [-0.2, -0.15) is 0 Å². The largest absolute Gasteiger partial charge is 1.00 e. The maximum atomic E-state index is 10.5. The van der Waals surface area contributed by atoms with Crippen LogP contribution in [-0.4, -0.2) is 22.2 Å². The van der Waals surface area contributed by atoms with Gasteiger partial charge in [-0.1, -0.05) is 20.8 Å². The SMILES string of the molecule is CC(C)(C)CCC(C(=O)O)C(=O)O.[H-].[Li+]. The third-order valence-electron chi connectivity index (χ3n) is 1.78. The van der Waals surface area contributed by atoms with Gasteiger partial charge in [-0.15, -0.1) is 0 Å². The van der Waals surface area contributed by atoms with Crippen LogP contribution < -0.4 is 18.9 Å². The summed E-state index contributed by atoms with van der Waals surface area (Å²) < 4.78 is 0. The van der Waals surface area contributed by atoms with Crippen LogP contribution >= 0.6 is 0 Å². The van der Waals surface area contributed by atoms with Gasteiger partial charge in [0, 0.05) is 0 Å². The van der Waals surface area contributed by atoms with Crippen LogP contribution in [0.4, 0.5) is 0 Å². The number of carboxylic acid groups (broad SMARTS) is 2. The summed E-state index contributed by atoms with van der Waals surface area (Å²) in [6, 6.07) is 0. The van der Waals surface area contributed by atoms with Crippen LogP contribution in [0.2, 0.25) is 0 Å². The van der Waals surface area contributed by atoms with Crippen LogP contribution in [0.3, 0.4) is 0 Å². The summed E-state index contributed by atoms with van der Waals surface area (Å²) in [5, 5.41) is 17.1. The van der Waals surface area contributed by atoms with Crippen molar-refractivity contribution in [3.05, 3.63) is 0 Å². The topological polar surface area (TPSA) is 74.6 Å². The molecule has 0 saturated carbocycles. The van der Waals surface area contributed by atoms with Crippen molar-refractivity contribution in [1.82, 2.24) is 0 Å². The van der Waals surface area contributed by atoms with E-state index in [2.05, 4.69) is 0 Å². The quantitative estimate of drug-likeness (QED) is 0.433. The van der Waals surface area contributed by atoms with E-state index in [-0.39, 0.29) is 32.1 Å². The van der Waals surface area contributed by atoms with Crippen molar-refractivity contribution in [3.8, 4) is 0 Å². The summed E-state index contributed by atoms with van der Waals surface area (Å²) in [4.78, 5) is 21.0. The predicted molar refractivity (Wildman–Crippen MR) is 48.6 cm³/mol. The second kappa shape index (κ2) is 6.10. The maximum Gasteiger partial charge on any atom is 1.00 e. The van der Waals surface area contributed by atoms with E-state index in [9.17, 15) is 9.59 Å². The number of rotatable bonds is 4. The van der Waals surface area contributed by atoms with E-state index < -0.39 is 17.9 Å². The normalized spacial score (nSPS) is 10.9. The first-order chi connectivity index (χ1) is 5.74. The van der Waals surface area contributed by atoms with Crippen molar-refractivity contribution < 1.29 is 40.1 Å². The van der Waals surface area contributed by atoms with E-state index in [1.165, 1.54) is 0 Å². The van der Waals surface area contributed by atoms with Crippen molar-refractivity contribution in [1.29, 1.82) is 0 Å². The van der Waals surface area contributed by atoms with E-state index in [0.717, 1.165) is 0 Å². The average Bonchev–Trinajstić information content (AvgIpc) is 1.82. The van der Waals surface area contributed by atoms with Gasteiger partial charge in [0.15, 0.2) is 5.92 Å². The molecule has 0 aliphatic rings. The fourth-order valence-electron chi connectivity index (χ4n) is 0.930. The molecular formula is C9H17LiO4. The molecule has 0 aliphatic carbocycles. The molecule has 2 N–H and O–H groups in total. The van der Waals surface area contributed by atoms with Gasteiger partial charge in [0.2, 0.25) is 0 Å². The summed E-state index contributed by atoms with van der Waals surface area (Å²) in [5.41, 5.74) is -0.0247. The molecular weight excluding hydrogens is 179 g/mol. The molecule has 0 unspecified atom stereocenters. The van der Waals surface area contributed by atoms with Gasteiger partial charge in [-0.25, -0.2) is 0 Å². The number of carbonyl (C=O) groups is 2. The van der Waals surface area contributed by atoms with E-state index in [4.69, 9.17) is 10.2 Å². The summed E-state index contributed by atoms with van der Waals surface area (Å²) >= 11 is 0. The zero-order valence-corrected chi connectivity index (χ0v) is 9.20. The number of hydrogen-bond donors (Lipinski definition) is 2. The van der Waals surface area contributed by atoms with Gasteiger partial charge in [0.1, 0.15) is 0 Å². The Morgan fingerprint density at radius 1 is 1.21 bits per heavy atom. The molecule has 0 spiro atoms. The van der Waals surface area contributed by atoms with Crippen molar-refractivity contribution in [2.45, 2.75) is 33.6 Å². The van der Waals surface area contributed by atoms with Gasteiger partial charge in [0.25, 0.3) is 0 Å². The molecule has 5 heteroatoms. The van der Waals surface area contributed by atoms with Crippen molar-refractivity contribution >= 4 is 11.9 Å². The standard InChI is InChI=1S/C9H16O4.Li.H/c1-9(2,3)5-4-6(7(10)11)8(12)13;;/h6H,4-5H2,1-3H3,(H,10,11)(H,12,13);;/q;+1;-1. The monoisotopic (exact) mass is 196 g/mol. The number of carboxylic acids is 2. The second-order valence-electron chi connectivity index (χ2n) is 4.33.